The van der Waals surface area contributed by atoms with Crippen LogP contribution in [0.2, 0.25) is 5.02 Å². The van der Waals surface area contributed by atoms with Crippen LogP contribution >= 0.6 is 11.6 Å². The van der Waals surface area contributed by atoms with Crippen LogP contribution in [-0.2, 0) is 19.0 Å². The van der Waals surface area contributed by atoms with Crippen molar-refractivity contribution in [3.05, 3.63) is 33.8 Å². The van der Waals surface area contributed by atoms with Crippen LogP contribution in [0, 0.1) is 0 Å². The number of hydrogen-bond acceptors (Lipinski definition) is 0. The average molecular weight is 237 g/mol. The van der Waals surface area contributed by atoms with E-state index in [0.29, 0.717) is 12.8 Å². The number of aryl methyl sites for hydroxylation is 2. The normalized spacial score (nSPS) is 11.9. The second-order valence-electron chi connectivity index (χ2n) is 3.32. The predicted molar refractivity (Wildman–Crippen MR) is 55.2 cm³/mol. The number of alkyl halides is 3. The van der Waals surface area contributed by atoms with Crippen molar-refractivity contribution in [3.63, 3.8) is 0 Å². The van der Waals surface area contributed by atoms with Crippen molar-refractivity contribution in [3.8, 4) is 0 Å². The van der Waals surface area contributed by atoms with Crippen LogP contribution in [0.3, 0.4) is 0 Å². The Morgan fingerprint density at radius 1 is 1.13 bits per heavy atom. The standard InChI is InChI=1S/C11H12ClF3/c1-3-7-5-8(4-2)10(9(12)6-7)11(13,14)15/h5-6H,3-4H2,1-2H3. The van der Waals surface area contributed by atoms with Crippen molar-refractivity contribution >= 4 is 11.6 Å². The first-order chi connectivity index (χ1) is 6.90. The molecule has 0 heterocycles. The van der Waals surface area contributed by atoms with Crippen LogP contribution in [0.4, 0.5) is 13.2 Å². The van der Waals surface area contributed by atoms with Gasteiger partial charge in [-0.3, -0.25) is 0 Å². The summed E-state index contributed by atoms with van der Waals surface area (Å²) in [4.78, 5) is 0. The summed E-state index contributed by atoms with van der Waals surface area (Å²) in [6.45, 7) is 3.58. The predicted octanol–water partition coefficient (Wildman–Crippen LogP) is 4.48. The van der Waals surface area contributed by atoms with E-state index >= 15 is 0 Å². The summed E-state index contributed by atoms with van der Waals surface area (Å²) in [6, 6.07) is 2.97. The van der Waals surface area contributed by atoms with Crippen LogP contribution in [0.1, 0.15) is 30.5 Å². The minimum Gasteiger partial charge on any atom is -0.166 e. The Morgan fingerprint density at radius 3 is 2.13 bits per heavy atom. The minimum absolute atomic E-state index is 0.196. The van der Waals surface area contributed by atoms with Crippen molar-refractivity contribution in [2.24, 2.45) is 0 Å². The highest BCUT2D eigenvalue weighted by Gasteiger charge is 2.35. The quantitative estimate of drug-likeness (QED) is 0.710. The molecule has 0 radical (unpaired) electrons. The molecule has 0 saturated carbocycles. The van der Waals surface area contributed by atoms with Gasteiger partial charge in [-0.05, 0) is 30.0 Å². The van der Waals surface area contributed by atoms with E-state index in [1.54, 1.807) is 13.0 Å². The molecule has 1 aromatic carbocycles. The lowest BCUT2D eigenvalue weighted by Gasteiger charge is -2.15. The van der Waals surface area contributed by atoms with Gasteiger partial charge in [0.2, 0.25) is 0 Å². The molecule has 0 atom stereocenters. The SMILES string of the molecule is CCc1cc(Cl)c(C(F)(F)F)c(CC)c1. The van der Waals surface area contributed by atoms with Crippen molar-refractivity contribution in [2.45, 2.75) is 32.9 Å². The molecule has 0 nitrogen and oxygen atoms in total. The van der Waals surface area contributed by atoms with Crippen LogP contribution < -0.4 is 0 Å². The van der Waals surface area contributed by atoms with E-state index in [9.17, 15) is 13.2 Å². The van der Waals surface area contributed by atoms with Gasteiger partial charge in [0, 0.05) is 0 Å². The van der Waals surface area contributed by atoms with Gasteiger partial charge in [-0.15, -0.1) is 0 Å². The summed E-state index contributed by atoms with van der Waals surface area (Å²) in [6.07, 6.45) is -3.35. The lowest BCUT2D eigenvalue weighted by atomic mass is 10.00. The van der Waals surface area contributed by atoms with Crippen LogP contribution in [-0.4, -0.2) is 0 Å². The molecule has 0 fully saturated rings. The summed E-state index contributed by atoms with van der Waals surface area (Å²) in [5.74, 6) is 0. The molecule has 0 spiro atoms. The van der Waals surface area contributed by atoms with Gasteiger partial charge in [0.25, 0.3) is 0 Å². The van der Waals surface area contributed by atoms with E-state index in [1.807, 2.05) is 6.92 Å². The molecule has 1 aromatic rings. The topological polar surface area (TPSA) is 0 Å². The van der Waals surface area contributed by atoms with Crippen molar-refractivity contribution in [1.29, 1.82) is 0 Å². The van der Waals surface area contributed by atoms with Gasteiger partial charge in [-0.1, -0.05) is 31.5 Å². The fourth-order valence-electron chi connectivity index (χ4n) is 1.53. The van der Waals surface area contributed by atoms with Gasteiger partial charge in [-0.25, -0.2) is 0 Å². The van der Waals surface area contributed by atoms with Crippen LogP contribution in [0.25, 0.3) is 0 Å². The molecule has 0 bridgehead atoms. The van der Waals surface area contributed by atoms with Crippen LogP contribution in [0.15, 0.2) is 12.1 Å². The Hall–Kier alpha value is -0.700. The zero-order chi connectivity index (χ0) is 11.6. The average Bonchev–Trinajstić information content (AvgIpc) is 2.14. The van der Waals surface area contributed by atoms with E-state index in [0.717, 1.165) is 5.56 Å². The highest BCUT2D eigenvalue weighted by atomic mass is 35.5. The van der Waals surface area contributed by atoms with Gasteiger partial charge in [-0.2, -0.15) is 13.2 Å². The molecule has 0 aliphatic rings. The summed E-state index contributed by atoms with van der Waals surface area (Å²) in [5, 5.41) is -0.196. The van der Waals surface area contributed by atoms with Gasteiger partial charge in [0.1, 0.15) is 0 Å². The van der Waals surface area contributed by atoms with Gasteiger partial charge in [0.15, 0.2) is 0 Å². The monoisotopic (exact) mass is 236 g/mol. The zero-order valence-corrected chi connectivity index (χ0v) is 9.34. The van der Waals surface area contributed by atoms with E-state index in [1.165, 1.54) is 6.07 Å². The minimum atomic E-state index is -4.37. The molecular formula is C11H12ClF3. The highest BCUT2D eigenvalue weighted by Crippen LogP contribution is 2.38. The molecule has 0 saturated heterocycles. The maximum absolute atomic E-state index is 12.6. The molecule has 84 valence electrons. The Morgan fingerprint density at radius 2 is 1.73 bits per heavy atom. The van der Waals surface area contributed by atoms with Gasteiger partial charge in [0.05, 0.1) is 10.6 Å². The number of benzene rings is 1. The molecule has 0 aliphatic carbocycles. The first-order valence-electron chi connectivity index (χ1n) is 4.78. The lowest BCUT2D eigenvalue weighted by molar-refractivity contribution is -0.138. The van der Waals surface area contributed by atoms with Crippen molar-refractivity contribution < 1.29 is 13.2 Å². The van der Waals surface area contributed by atoms with E-state index < -0.39 is 11.7 Å². The van der Waals surface area contributed by atoms with Crippen LogP contribution in [0.5, 0.6) is 0 Å². The second kappa shape index (κ2) is 4.44. The molecule has 4 heteroatoms. The third kappa shape index (κ3) is 2.65. The molecular weight excluding hydrogens is 225 g/mol. The van der Waals surface area contributed by atoms with E-state index in [4.69, 9.17) is 11.6 Å². The van der Waals surface area contributed by atoms with E-state index in [-0.39, 0.29) is 10.6 Å². The molecule has 0 aromatic heterocycles. The Balaban J connectivity index is 3.38. The van der Waals surface area contributed by atoms with Gasteiger partial charge < -0.3 is 0 Å². The third-order valence-corrected chi connectivity index (χ3v) is 2.60. The molecule has 1 rings (SSSR count). The summed E-state index contributed by atoms with van der Waals surface area (Å²) in [7, 11) is 0. The molecule has 0 amide bonds. The number of hydrogen-bond donors (Lipinski definition) is 0. The van der Waals surface area contributed by atoms with Crippen molar-refractivity contribution in [2.75, 3.05) is 0 Å². The number of rotatable bonds is 2. The highest BCUT2D eigenvalue weighted by molar-refractivity contribution is 6.31. The third-order valence-electron chi connectivity index (χ3n) is 2.30. The fraction of sp³-hybridized carbons (Fsp3) is 0.455. The molecule has 0 aliphatic heterocycles. The second-order valence-corrected chi connectivity index (χ2v) is 3.72. The lowest BCUT2D eigenvalue weighted by Crippen LogP contribution is -2.10. The Labute approximate surface area is 92.1 Å². The zero-order valence-electron chi connectivity index (χ0n) is 8.58. The summed E-state index contributed by atoms with van der Waals surface area (Å²) in [5.41, 5.74) is 0.417. The summed E-state index contributed by atoms with van der Waals surface area (Å²) < 4.78 is 37.9. The summed E-state index contributed by atoms with van der Waals surface area (Å²) >= 11 is 5.66. The number of halogens is 4. The smallest absolute Gasteiger partial charge is 0.166 e. The fourth-order valence-corrected chi connectivity index (χ4v) is 1.90. The van der Waals surface area contributed by atoms with E-state index in [2.05, 4.69) is 0 Å². The molecule has 0 unspecified atom stereocenters. The first-order valence-corrected chi connectivity index (χ1v) is 5.16. The Bertz CT molecular complexity index is 356. The Kier molecular flexibility index (Phi) is 3.66. The molecule has 0 N–H and O–H groups in total. The maximum Gasteiger partial charge on any atom is 0.418 e. The molecule has 15 heavy (non-hydrogen) atoms. The van der Waals surface area contributed by atoms with Crippen molar-refractivity contribution in [1.82, 2.24) is 0 Å². The first kappa shape index (κ1) is 12.4. The largest absolute Gasteiger partial charge is 0.418 e. The maximum atomic E-state index is 12.6. The van der Waals surface area contributed by atoms with Gasteiger partial charge >= 0.3 is 6.18 Å².